The van der Waals surface area contributed by atoms with Gasteiger partial charge in [0.15, 0.2) is 6.10 Å². The van der Waals surface area contributed by atoms with E-state index in [1.165, 1.54) is 12.1 Å². The normalized spacial score (nSPS) is 22.1. The molecule has 1 saturated heterocycles. The molecule has 172 valence electrons. The van der Waals surface area contributed by atoms with Crippen LogP contribution in [-0.2, 0) is 21.2 Å². The summed E-state index contributed by atoms with van der Waals surface area (Å²) in [5.41, 5.74) is 1.76. The summed E-state index contributed by atoms with van der Waals surface area (Å²) in [5, 5.41) is 15.1. The van der Waals surface area contributed by atoms with Crippen molar-refractivity contribution in [2.75, 3.05) is 26.7 Å². The second-order valence-electron chi connectivity index (χ2n) is 8.54. The zero-order valence-corrected chi connectivity index (χ0v) is 18.9. The minimum atomic E-state index is -3.79. The molecular weight excluding hydrogens is 430 g/mol. The first-order chi connectivity index (χ1) is 15.2. The summed E-state index contributed by atoms with van der Waals surface area (Å²) in [6, 6.07) is 14.2. The number of β-amino-alcohol motifs (C(OH)–C–C–N with tert-alkyl or cyclic N) is 1. The lowest BCUT2D eigenvalue weighted by molar-refractivity contribution is -0.140. The Morgan fingerprint density at radius 2 is 2.00 bits per heavy atom. The fraction of sp³-hybridized carbons (Fsp3) is 0.435. The summed E-state index contributed by atoms with van der Waals surface area (Å²) in [6.45, 7) is 2.03. The van der Waals surface area contributed by atoms with Crippen molar-refractivity contribution >= 4 is 15.9 Å². The number of amides is 1. The van der Waals surface area contributed by atoms with Crippen LogP contribution in [0.4, 0.5) is 0 Å². The molecule has 3 atom stereocenters. The van der Waals surface area contributed by atoms with Crippen molar-refractivity contribution in [1.29, 1.82) is 0 Å². The molecule has 1 amide bonds. The van der Waals surface area contributed by atoms with Crippen molar-refractivity contribution in [1.82, 2.24) is 9.80 Å². The van der Waals surface area contributed by atoms with Crippen LogP contribution in [0.2, 0.25) is 0 Å². The number of ether oxygens (including phenoxy) is 1. The van der Waals surface area contributed by atoms with E-state index in [4.69, 9.17) is 9.88 Å². The van der Waals surface area contributed by atoms with Crippen molar-refractivity contribution in [3.63, 3.8) is 0 Å². The molecule has 0 aliphatic carbocycles. The molecule has 0 radical (unpaired) electrons. The van der Waals surface area contributed by atoms with Crippen molar-refractivity contribution in [2.24, 2.45) is 5.14 Å². The van der Waals surface area contributed by atoms with Crippen LogP contribution >= 0.6 is 0 Å². The molecule has 0 aromatic heterocycles. The van der Waals surface area contributed by atoms with E-state index in [0.717, 1.165) is 24.1 Å². The van der Waals surface area contributed by atoms with Gasteiger partial charge in [-0.25, -0.2) is 13.6 Å². The van der Waals surface area contributed by atoms with Crippen LogP contribution in [0.1, 0.15) is 30.0 Å². The first-order valence-corrected chi connectivity index (χ1v) is 12.3. The van der Waals surface area contributed by atoms with Gasteiger partial charge in [-0.2, -0.15) is 0 Å². The quantitative estimate of drug-likeness (QED) is 0.673. The second kappa shape index (κ2) is 9.19. The molecule has 8 nitrogen and oxygen atoms in total. The molecule has 1 fully saturated rings. The molecule has 2 aliphatic heterocycles. The van der Waals surface area contributed by atoms with Crippen molar-refractivity contribution in [3.8, 4) is 5.75 Å². The number of aryl methyl sites for hydroxylation is 1. The summed E-state index contributed by atoms with van der Waals surface area (Å²) in [6.07, 6.45) is 0.740. The van der Waals surface area contributed by atoms with Gasteiger partial charge in [0.1, 0.15) is 5.75 Å². The molecule has 2 aromatic carbocycles. The number of nitrogens with zero attached hydrogens (tertiary/aromatic N) is 2. The molecule has 0 unspecified atom stereocenters. The Labute approximate surface area is 188 Å². The SMILES string of the molecule is CN(C(=O)[C@H]1CCc2cc(S(N)(=O)=O)ccc2O1)[C@H](CN1CC[C@H](O)C1)c1ccccc1. The van der Waals surface area contributed by atoms with Gasteiger partial charge >= 0.3 is 0 Å². The molecular formula is C23H29N3O5S. The Morgan fingerprint density at radius 1 is 1.25 bits per heavy atom. The van der Waals surface area contributed by atoms with Crippen molar-refractivity contribution in [3.05, 3.63) is 59.7 Å². The molecule has 32 heavy (non-hydrogen) atoms. The number of likely N-dealkylation sites (tertiary alicyclic amines) is 1. The molecule has 2 heterocycles. The number of likely N-dealkylation sites (N-methyl/N-ethyl adjacent to an activating group) is 1. The lowest BCUT2D eigenvalue weighted by Crippen LogP contribution is -2.46. The van der Waals surface area contributed by atoms with E-state index < -0.39 is 16.1 Å². The van der Waals surface area contributed by atoms with E-state index in [1.54, 1.807) is 18.0 Å². The summed E-state index contributed by atoms with van der Waals surface area (Å²) < 4.78 is 29.2. The van der Waals surface area contributed by atoms with Gasteiger partial charge in [0.25, 0.3) is 5.91 Å². The second-order valence-corrected chi connectivity index (χ2v) is 10.1. The number of carbonyl (C=O) groups excluding carboxylic acids is 1. The summed E-state index contributed by atoms with van der Waals surface area (Å²) >= 11 is 0. The summed E-state index contributed by atoms with van der Waals surface area (Å²) in [5.74, 6) is 0.383. The topological polar surface area (TPSA) is 113 Å². The number of benzene rings is 2. The molecule has 0 saturated carbocycles. The van der Waals surface area contributed by atoms with E-state index in [2.05, 4.69) is 4.90 Å². The highest BCUT2D eigenvalue weighted by Crippen LogP contribution is 2.31. The highest BCUT2D eigenvalue weighted by atomic mass is 32.2. The van der Waals surface area contributed by atoms with Gasteiger partial charge < -0.3 is 14.7 Å². The lowest BCUT2D eigenvalue weighted by Gasteiger charge is -2.35. The number of carbonyl (C=O) groups is 1. The van der Waals surface area contributed by atoms with Crippen LogP contribution in [0, 0.1) is 0 Å². The number of aliphatic hydroxyl groups is 1. The van der Waals surface area contributed by atoms with E-state index >= 15 is 0 Å². The Kier molecular flexibility index (Phi) is 6.52. The third-order valence-electron chi connectivity index (χ3n) is 6.26. The van der Waals surface area contributed by atoms with Gasteiger partial charge in [-0.1, -0.05) is 30.3 Å². The lowest BCUT2D eigenvalue weighted by atomic mass is 10.00. The number of sulfonamides is 1. The Bertz CT molecular complexity index is 1080. The van der Waals surface area contributed by atoms with Gasteiger partial charge in [0, 0.05) is 26.7 Å². The summed E-state index contributed by atoms with van der Waals surface area (Å²) in [4.78, 5) is 17.4. The fourth-order valence-corrected chi connectivity index (χ4v) is 5.01. The van der Waals surface area contributed by atoms with Crippen LogP contribution in [0.25, 0.3) is 0 Å². The van der Waals surface area contributed by atoms with E-state index in [1.807, 2.05) is 30.3 Å². The van der Waals surface area contributed by atoms with Gasteiger partial charge in [0.2, 0.25) is 10.0 Å². The monoisotopic (exact) mass is 459 g/mol. The number of primary sulfonamides is 1. The predicted octanol–water partition coefficient (Wildman–Crippen LogP) is 1.29. The largest absolute Gasteiger partial charge is 0.480 e. The number of rotatable bonds is 6. The first-order valence-electron chi connectivity index (χ1n) is 10.8. The summed E-state index contributed by atoms with van der Waals surface area (Å²) in [7, 11) is -2.00. The number of nitrogens with two attached hydrogens (primary N) is 1. The first kappa shape index (κ1) is 22.7. The average Bonchev–Trinajstić information content (AvgIpc) is 3.20. The smallest absolute Gasteiger partial charge is 0.263 e. The van der Waals surface area contributed by atoms with Crippen LogP contribution in [0.5, 0.6) is 5.75 Å². The van der Waals surface area contributed by atoms with Gasteiger partial charge in [-0.05, 0) is 48.6 Å². The van der Waals surface area contributed by atoms with E-state index in [-0.39, 0.29) is 22.9 Å². The third kappa shape index (κ3) is 4.96. The molecule has 0 bridgehead atoms. The molecule has 9 heteroatoms. The van der Waals surface area contributed by atoms with E-state index in [0.29, 0.717) is 31.7 Å². The highest BCUT2D eigenvalue weighted by molar-refractivity contribution is 7.89. The number of hydrogen-bond acceptors (Lipinski definition) is 6. The maximum absolute atomic E-state index is 13.4. The third-order valence-corrected chi connectivity index (χ3v) is 7.17. The van der Waals surface area contributed by atoms with Gasteiger partial charge in [0.05, 0.1) is 17.0 Å². The van der Waals surface area contributed by atoms with Gasteiger partial charge in [-0.15, -0.1) is 0 Å². The minimum absolute atomic E-state index is 0.0405. The van der Waals surface area contributed by atoms with Crippen LogP contribution in [0.3, 0.4) is 0 Å². The zero-order chi connectivity index (χ0) is 22.9. The molecule has 2 aliphatic rings. The van der Waals surface area contributed by atoms with Crippen LogP contribution < -0.4 is 9.88 Å². The molecule has 2 aromatic rings. The van der Waals surface area contributed by atoms with Crippen molar-refractivity contribution < 1.29 is 23.1 Å². The average molecular weight is 460 g/mol. The Balaban J connectivity index is 1.51. The minimum Gasteiger partial charge on any atom is -0.480 e. The van der Waals surface area contributed by atoms with Crippen LogP contribution in [-0.4, -0.2) is 68.1 Å². The molecule has 3 N–H and O–H groups in total. The molecule has 0 spiro atoms. The van der Waals surface area contributed by atoms with Crippen LogP contribution in [0.15, 0.2) is 53.4 Å². The Morgan fingerprint density at radius 3 is 2.66 bits per heavy atom. The zero-order valence-electron chi connectivity index (χ0n) is 18.1. The standard InChI is InChI=1S/C23H29N3O5S/c1-25(20(16-5-3-2-4-6-16)15-26-12-11-18(27)14-26)23(28)22-9-7-17-13-19(32(24,29)30)8-10-21(17)31-22/h2-6,8,10,13,18,20,22,27H,7,9,11-12,14-15H2,1H3,(H2,24,29,30)/t18-,20+,22+/m0/s1. The maximum Gasteiger partial charge on any atom is 0.263 e. The predicted molar refractivity (Wildman–Crippen MR) is 120 cm³/mol. The van der Waals surface area contributed by atoms with Gasteiger partial charge in [-0.3, -0.25) is 9.69 Å². The maximum atomic E-state index is 13.4. The number of hydrogen-bond donors (Lipinski definition) is 2. The highest BCUT2D eigenvalue weighted by Gasteiger charge is 2.34. The number of aliphatic hydroxyl groups excluding tert-OH is 1. The number of fused-ring (bicyclic) bond motifs is 1. The van der Waals surface area contributed by atoms with Crippen molar-refractivity contribution in [2.45, 2.75) is 42.4 Å². The Hall–Kier alpha value is -2.46. The van der Waals surface area contributed by atoms with E-state index in [9.17, 15) is 18.3 Å². The molecule has 4 rings (SSSR count). The fourth-order valence-electron chi connectivity index (χ4n) is 4.45.